The van der Waals surface area contributed by atoms with E-state index in [1.54, 1.807) is 36.5 Å². The Morgan fingerprint density at radius 1 is 0.926 bits per heavy atom. The van der Waals surface area contributed by atoms with E-state index in [4.69, 9.17) is 10.00 Å². The van der Waals surface area contributed by atoms with Crippen LogP contribution in [0.25, 0.3) is 10.8 Å². The molecule has 0 unspecified atom stereocenters. The molecule has 3 aromatic carbocycles. The molecule has 0 bridgehead atoms. The summed E-state index contributed by atoms with van der Waals surface area (Å²) in [6.45, 7) is 0. The zero-order chi connectivity index (χ0) is 18.6. The summed E-state index contributed by atoms with van der Waals surface area (Å²) in [5.74, 6) is 1.57. The Morgan fingerprint density at radius 3 is 2.48 bits per heavy atom. The van der Waals surface area contributed by atoms with E-state index < -0.39 is 0 Å². The molecule has 4 aromatic rings. The molecule has 6 heteroatoms. The van der Waals surface area contributed by atoms with Gasteiger partial charge in [0.05, 0.1) is 11.6 Å². The van der Waals surface area contributed by atoms with Crippen molar-refractivity contribution in [1.29, 1.82) is 5.26 Å². The van der Waals surface area contributed by atoms with Crippen LogP contribution in [0, 0.1) is 11.3 Å². The number of benzene rings is 3. The summed E-state index contributed by atoms with van der Waals surface area (Å²) in [6.07, 6.45) is 1.63. The molecule has 1 heterocycles. The fraction of sp³-hybridized carbons (Fsp3) is 0. The molecule has 4 rings (SSSR count). The number of nitrogens with zero attached hydrogens (tertiary/aromatic N) is 3. The predicted octanol–water partition coefficient (Wildman–Crippen LogP) is 5.80. The second-order valence-electron chi connectivity index (χ2n) is 5.73. The van der Waals surface area contributed by atoms with Gasteiger partial charge in [-0.2, -0.15) is 10.2 Å². The smallest absolute Gasteiger partial charge is 0.230 e. The van der Waals surface area contributed by atoms with Gasteiger partial charge in [0.25, 0.3) is 0 Å². The average molecular weight is 417 g/mol. The zero-order valence-electron chi connectivity index (χ0n) is 14.1. The number of anilines is 2. The topological polar surface area (TPSA) is 70.8 Å². The minimum absolute atomic E-state index is 0.415. The summed E-state index contributed by atoms with van der Waals surface area (Å²) < 4.78 is 7.02. The molecule has 0 aliphatic heterocycles. The lowest BCUT2D eigenvalue weighted by atomic mass is 10.1. The van der Waals surface area contributed by atoms with Crippen LogP contribution in [0.5, 0.6) is 11.6 Å². The van der Waals surface area contributed by atoms with Gasteiger partial charge in [-0.3, -0.25) is 0 Å². The Labute approximate surface area is 164 Å². The molecule has 0 spiro atoms. The lowest BCUT2D eigenvalue weighted by Gasteiger charge is -2.10. The number of fused-ring (bicyclic) bond motifs is 1. The summed E-state index contributed by atoms with van der Waals surface area (Å²) in [7, 11) is 0. The highest BCUT2D eigenvalue weighted by Gasteiger charge is 2.08. The number of halogens is 1. The standard InChI is InChI=1S/C21H13BrN4O/c22-18-9-10-19(17-4-2-1-3-16(17)18)27-20-11-12-24-21(26-20)25-15-7-5-14(13-23)6-8-15/h1-12H,(H,24,25,26). The first-order chi connectivity index (χ1) is 13.2. The number of hydrogen-bond acceptors (Lipinski definition) is 5. The number of ether oxygens (including phenoxy) is 1. The van der Waals surface area contributed by atoms with Crippen LogP contribution in [0.15, 0.2) is 77.4 Å². The van der Waals surface area contributed by atoms with Crippen LogP contribution in [0.1, 0.15) is 5.56 Å². The Bertz CT molecular complexity index is 1150. The Balaban J connectivity index is 1.60. The molecule has 0 aliphatic carbocycles. The Hall–Kier alpha value is -3.43. The molecule has 0 fully saturated rings. The van der Waals surface area contributed by atoms with E-state index >= 15 is 0 Å². The molecule has 1 N–H and O–H groups in total. The lowest BCUT2D eigenvalue weighted by molar-refractivity contribution is 0.467. The molecule has 0 atom stereocenters. The van der Waals surface area contributed by atoms with Gasteiger partial charge in [-0.25, -0.2) is 4.98 Å². The van der Waals surface area contributed by atoms with Gasteiger partial charge in [0.15, 0.2) is 0 Å². The number of nitrogens with one attached hydrogen (secondary N) is 1. The van der Waals surface area contributed by atoms with Crippen LogP contribution in [0.2, 0.25) is 0 Å². The van der Waals surface area contributed by atoms with Gasteiger partial charge in [-0.05, 0) is 41.8 Å². The summed E-state index contributed by atoms with van der Waals surface area (Å²) in [5.41, 5.74) is 1.39. The first-order valence-corrected chi connectivity index (χ1v) is 8.97. The van der Waals surface area contributed by atoms with Crippen LogP contribution in [-0.4, -0.2) is 9.97 Å². The molecule has 5 nitrogen and oxygen atoms in total. The summed E-state index contributed by atoms with van der Waals surface area (Å²) in [6, 6.07) is 22.7. The summed E-state index contributed by atoms with van der Waals surface area (Å²) >= 11 is 3.56. The first kappa shape index (κ1) is 17.0. The van der Waals surface area contributed by atoms with E-state index in [9.17, 15) is 0 Å². The van der Waals surface area contributed by atoms with Gasteiger partial charge in [0.1, 0.15) is 5.75 Å². The zero-order valence-corrected chi connectivity index (χ0v) is 15.6. The minimum Gasteiger partial charge on any atom is -0.438 e. The second kappa shape index (κ2) is 7.44. The van der Waals surface area contributed by atoms with Gasteiger partial charge in [-0.1, -0.05) is 40.2 Å². The summed E-state index contributed by atoms with van der Waals surface area (Å²) in [5, 5.41) is 14.0. The van der Waals surface area contributed by atoms with Crippen molar-refractivity contribution in [2.24, 2.45) is 0 Å². The largest absolute Gasteiger partial charge is 0.438 e. The number of aromatic nitrogens is 2. The number of rotatable bonds is 4. The molecular weight excluding hydrogens is 404 g/mol. The van der Waals surface area contributed by atoms with E-state index in [1.165, 1.54) is 0 Å². The van der Waals surface area contributed by atoms with Gasteiger partial charge in [-0.15, -0.1) is 0 Å². The highest BCUT2D eigenvalue weighted by Crippen LogP contribution is 2.33. The monoisotopic (exact) mass is 416 g/mol. The highest BCUT2D eigenvalue weighted by atomic mass is 79.9. The minimum atomic E-state index is 0.415. The van der Waals surface area contributed by atoms with Crippen molar-refractivity contribution >= 4 is 38.3 Å². The maximum Gasteiger partial charge on any atom is 0.230 e. The van der Waals surface area contributed by atoms with Crippen LogP contribution in [0.3, 0.4) is 0 Å². The van der Waals surface area contributed by atoms with Crippen LogP contribution in [0.4, 0.5) is 11.6 Å². The van der Waals surface area contributed by atoms with E-state index in [1.807, 2.05) is 36.4 Å². The van der Waals surface area contributed by atoms with Gasteiger partial charge in [0.2, 0.25) is 11.8 Å². The van der Waals surface area contributed by atoms with Crippen molar-refractivity contribution in [2.75, 3.05) is 5.32 Å². The first-order valence-electron chi connectivity index (χ1n) is 8.18. The summed E-state index contributed by atoms with van der Waals surface area (Å²) in [4.78, 5) is 8.63. The molecule has 0 aliphatic rings. The maximum atomic E-state index is 8.87. The number of nitriles is 1. The normalized spacial score (nSPS) is 10.4. The molecule has 1 aromatic heterocycles. The molecule has 0 saturated heterocycles. The molecule has 27 heavy (non-hydrogen) atoms. The fourth-order valence-corrected chi connectivity index (χ4v) is 3.13. The molecule has 0 radical (unpaired) electrons. The van der Waals surface area contributed by atoms with Crippen LogP contribution >= 0.6 is 15.9 Å². The molecular formula is C21H13BrN4O. The molecule has 0 saturated carbocycles. The Morgan fingerprint density at radius 2 is 1.70 bits per heavy atom. The van der Waals surface area contributed by atoms with Crippen molar-refractivity contribution in [2.45, 2.75) is 0 Å². The van der Waals surface area contributed by atoms with Gasteiger partial charge in [0, 0.05) is 27.8 Å². The quantitative estimate of drug-likeness (QED) is 0.455. The fourth-order valence-electron chi connectivity index (χ4n) is 2.65. The second-order valence-corrected chi connectivity index (χ2v) is 6.58. The Kier molecular flexibility index (Phi) is 4.69. The average Bonchev–Trinajstić information content (AvgIpc) is 2.71. The maximum absolute atomic E-state index is 8.87. The van der Waals surface area contributed by atoms with Crippen LogP contribution < -0.4 is 10.1 Å². The SMILES string of the molecule is N#Cc1ccc(Nc2nccc(Oc3ccc(Br)c4ccccc34)n2)cc1. The third-order valence-corrected chi connectivity index (χ3v) is 4.64. The third-order valence-electron chi connectivity index (χ3n) is 3.95. The van der Waals surface area contributed by atoms with E-state index in [0.717, 1.165) is 26.7 Å². The van der Waals surface area contributed by atoms with Crippen LogP contribution in [-0.2, 0) is 0 Å². The van der Waals surface area contributed by atoms with Gasteiger partial charge < -0.3 is 10.1 Å². The van der Waals surface area contributed by atoms with Crippen molar-refractivity contribution in [1.82, 2.24) is 9.97 Å². The highest BCUT2D eigenvalue weighted by molar-refractivity contribution is 9.10. The van der Waals surface area contributed by atoms with E-state index in [0.29, 0.717) is 17.4 Å². The molecule has 130 valence electrons. The van der Waals surface area contributed by atoms with Gasteiger partial charge >= 0.3 is 0 Å². The number of hydrogen-bond donors (Lipinski definition) is 1. The predicted molar refractivity (Wildman–Crippen MR) is 108 cm³/mol. The van der Waals surface area contributed by atoms with Crippen molar-refractivity contribution in [3.63, 3.8) is 0 Å². The van der Waals surface area contributed by atoms with Crippen molar-refractivity contribution in [3.8, 4) is 17.7 Å². The lowest BCUT2D eigenvalue weighted by Crippen LogP contribution is -1.98. The van der Waals surface area contributed by atoms with E-state index in [-0.39, 0.29) is 0 Å². The van der Waals surface area contributed by atoms with Crippen molar-refractivity contribution < 1.29 is 4.74 Å². The molecule has 0 amide bonds. The third kappa shape index (κ3) is 3.73. The van der Waals surface area contributed by atoms with Crippen molar-refractivity contribution in [3.05, 3.63) is 83.0 Å². The van der Waals surface area contributed by atoms with E-state index in [2.05, 4.69) is 37.3 Å².